The number of nitrogens with zero attached hydrogens (tertiary/aromatic N) is 1. The SMILES string of the molecule is Cc1cc(F)ccc1NS(=O)(=O)Cc1ccccc1C#N. The largest absolute Gasteiger partial charge is 0.283 e. The quantitative estimate of drug-likeness (QED) is 0.944. The summed E-state index contributed by atoms with van der Waals surface area (Å²) >= 11 is 0. The average Bonchev–Trinajstić information content (AvgIpc) is 2.42. The van der Waals surface area contributed by atoms with Crippen molar-refractivity contribution in [2.24, 2.45) is 0 Å². The van der Waals surface area contributed by atoms with Gasteiger partial charge in [0, 0.05) is 0 Å². The van der Waals surface area contributed by atoms with Gasteiger partial charge in [0.15, 0.2) is 0 Å². The Morgan fingerprint density at radius 2 is 1.95 bits per heavy atom. The molecule has 0 aliphatic heterocycles. The Kier molecular flexibility index (Phi) is 4.24. The summed E-state index contributed by atoms with van der Waals surface area (Å²) in [6.45, 7) is 1.62. The summed E-state index contributed by atoms with van der Waals surface area (Å²) in [5.41, 5.74) is 1.56. The van der Waals surface area contributed by atoms with Gasteiger partial charge >= 0.3 is 0 Å². The highest BCUT2D eigenvalue weighted by molar-refractivity contribution is 7.91. The summed E-state index contributed by atoms with van der Waals surface area (Å²) in [6, 6.07) is 12.3. The maximum Gasteiger partial charge on any atom is 0.236 e. The highest BCUT2D eigenvalue weighted by Gasteiger charge is 2.15. The molecule has 0 aromatic heterocycles. The van der Waals surface area contributed by atoms with Crippen molar-refractivity contribution in [3.63, 3.8) is 0 Å². The lowest BCUT2D eigenvalue weighted by Crippen LogP contribution is -2.16. The molecule has 4 nitrogen and oxygen atoms in total. The van der Waals surface area contributed by atoms with Crippen molar-refractivity contribution < 1.29 is 12.8 Å². The van der Waals surface area contributed by atoms with Gasteiger partial charge in [-0.2, -0.15) is 5.26 Å². The molecule has 0 aliphatic rings. The predicted molar refractivity (Wildman–Crippen MR) is 78.5 cm³/mol. The van der Waals surface area contributed by atoms with Crippen molar-refractivity contribution in [3.05, 3.63) is 65.0 Å². The molecular formula is C15H13FN2O2S. The van der Waals surface area contributed by atoms with E-state index in [0.717, 1.165) is 0 Å². The Labute approximate surface area is 122 Å². The zero-order valence-electron chi connectivity index (χ0n) is 11.3. The number of benzene rings is 2. The molecule has 0 unspecified atom stereocenters. The lowest BCUT2D eigenvalue weighted by molar-refractivity contribution is 0.600. The summed E-state index contributed by atoms with van der Waals surface area (Å²) in [5.74, 6) is -0.738. The Bertz CT molecular complexity index is 811. The molecule has 0 spiro atoms. The zero-order valence-corrected chi connectivity index (χ0v) is 12.1. The first-order chi connectivity index (χ1) is 9.91. The van der Waals surface area contributed by atoms with E-state index in [9.17, 15) is 12.8 Å². The van der Waals surface area contributed by atoms with Crippen molar-refractivity contribution in [1.29, 1.82) is 5.26 Å². The van der Waals surface area contributed by atoms with Gasteiger partial charge in [-0.05, 0) is 42.3 Å². The van der Waals surface area contributed by atoms with Gasteiger partial charge in [0.05, 0.1) is 23.1 Å². The number of hydrogen-bond donors (Lipinski definition) is 1. The normalized spacial score (nSPS) is 10.9. The van der Waals surface area contributed by atoms with Gasteiger partial charge in [0.25, 0.3) is 0 Å². The number of nitrogens with one attached hydrogen (secondary N) is 1. The molecule has 0 saturated carbocycles. The van der Waals surface area contributed by atoms with Gasteiger partial charge < -0.3 is 0 Å². The van der Waals surface area contributed by atoms with Crippen LogP contribution in [0.25, 0.3) is 0 Å². The van der Waals surface area contributed by atoms with Gasteiger partial charge in [0.2, 0.25) is 10.0 Å². The first-order valence-electron chi connectivity index (χ1n) is 6.16. The maximum atomic E-state index is 13.0. The lowest BCUT2D eigenvalue weighted by Gasteiger charge is -2.11. The molecule has 0 heterocycles. The minimum absolute atomic E-state index is 0.312. The number of aryl methyl sites for hydroxylation is 1. The van der Waals surface area contributed by atoms with Crippen LogP contribution in [0.1, 0.15) is 16.7 Å². The van der Waals surface area contributed by atoms with E-state index >= 15 is 0 Å². The van der Waals surface area contributed by atoms with Gasteiger partial charge in [-0.25, -0.2) is 12.8 Å². The van der Waals surface area contributed by atoms with Crippen molar-refractivity contribution in [2.75, 3.05) is 4.72 Å². The second-order valence-electron chi connectivity index (χ2n) is 4.59. The van der Waals surface area contributed by atoms with Gasteiger partial charge in [-0.1, -0.05) is 18.2 Å². The van der Waals surface area contributed by atoms with Crippen molar-refractivity contribution in [1.82, 2.24) is 0 Å². The highest BCUT2D eigenvalue weighted by atomic mass is 32.2. The average molecular weight is 304 g/mol. The molecule has 0 saturated heterocycles. The van der Waals surface area contributed by atoms with Crippen LogP contribution < -0.4 is 4.72 Å². The fourth-order valence-corrected chi connectivity index (χ4v) is 3.20. The van der Waals surface area contributed by atoms with Gasteiger partial charge in [-0.15, -0.1) is 0 Å². The number of halogens is 1. The fourth-order valence-electron chi connectivity index (χ4n) is 1.91. The van der Waals surface area contributed by atoms with Crippen molar-refractivity contribution in [3.8, 4) is 6.07 Å². The first kappa shape index (κ1) is 15.0. The van der Waals surface area contributed by atoms with Gasteiger partial charge in [0.1, 0.15) is 5.82 Å². The maximum absolute atomic E-state index is 13.0. The second kappa shape index (κ2) is 5.94. The summed E-state index contributed by atoms with van der Waals surface area (Å²) < 4.78 is 39.7. The van der Waals surface area contributed by atoms with E-state index in [1.807, 2.05) is 6.07 Å². The Balaban J connectivity index is 2.25. The van der Waals surface area contributed by atoms with Crippen LogP contribution in [0.2, 0.25) is 0 Å². The number of rotatable bonds is 4. The molecule has 2 aromatic carbocycles. The minimum Gasteiger partial charge on any atom is -0.283 e. The molecule has 2 rings (SSSR count). The number of nitriles is 1. The molecule has 0 bridgehead atoms. The van der Waals surface area contributed by atoms with Crippen molar-refractivity contribution >= 4 is 15.7 Å². The summed E-state index contributed by atoms with van der Waals surface area (Å²) in [5, 5.41) is 8.97. The van der Waals surface area contributed by atoms with Crippen LogP contribution in [0.3, 0.4) is 0 Å². The third kappa shape index (κ3) is 3.80. The molecular weight excluding hydrogens is 291 g/mol. The lowest BCUT2D eigenvalue weighted by atomic mass is 10.1. The molecule has 21 heavy (non-hydrogen) atoms. The summed E-state index contributed by atoms with van der Waals surface area (Å²) in [7, 11) is -3.68. The molecule has 2 aromatic rings. The van der Waals surface area contributed by atoms with Crippen LogP contribution >= 0.6 is 0 Å². The minimum atomic E-state index is -3.68. The molecule has 6 heteroatoms. The van der Waals surface area contributed by atoms with Gasteiger partial charge in [-0.3, -0.25) is 4.72 Å². The number of hydrogen-bond acceptors (Lipinski definition) is 3. The number of sulfonamides is 1. The first-order valence-corrected chi connectivity index (χ1v) is 7.81. The third-order valence-corrected chi connectivity index (χ3v) is 4.16. The number of anilines is 1. The molecule has 108 valence electrons. The Morgan fingerprint density at radius 1 is 1.24 bits per heavy atom. The Morgan fingerprint density at radius 3 is 2.62 bits per heavy atom. The second-order valence-corrected chi connectivity index (χ2v) is 6.31. The van der Waals surface area contributed by atoms with E-state index in [4.69, 9.17) is 5.26 Å². The third-order valence-electron chi connectivity index (χ3n) is 2.94. The topological polar surface area (TPSA) is 70.0 Å². The fraction of sp³-hybridized carbons (Fsp3) is 0.133. The van der Waals surface area contributed by atoms with E-state index in [1.165, 1.54) is 18.2 Å². The molecule has 0 radical (unpaired) electrons. The summed E-state index contributed by atoms with van der Waals surface area (Å²) in [4.78, 5) is 0. The smallest absolute Gasteiger partial charge is 0.236 e. The standard InChI is InChI=1S/C15H13FN2O2S/c1-11-8-14(16)6-7-15(11)18-21(19,20)10-13-5-3-2-4-12(13)9-17/h2-8,18H,10H2,1H3. The van der Waals surface area contributed by atoms with Crippen molar-refractivity contribution in [2.45, 2.75) is 12.7 Å². The van der Waals surface area contributed by atoms with E-state index in [1.54, 1.807) is 31.2 Å². The van der Waals surface area contributed by atoms with E-state index < -0.39 is 15.8 Å². The molecule has 0 aliphatic carbocycles. The van der Waals surface area contributed by atoms with Crippen LogP contribution in [0.15, 0.2) is 42.5 Å². The van der Waals surface area contributed by atoms with Crippen LogP contribution in [0.4, 0.5) is 10.1 Å². The van der Waals surface area contributed by atoms with Crippen LogP contribution in [-0.2, 0) is 15.8 Å². The van der Waals surface area contributed by atoms with Crippen LogP contribution in [0.5, 0.6) is 0 Å². The van der Waals surface area contributed by atoms with Crippen LogP contribution in [0, 0.1) is 24.1 Å². The van der Waals surface area contributed by atoms with Crippen LogP contribution in [-0.4, -0.2) is 8.42 Å². The molecule has 1 N–H and O–H groups in total. The highest BCUT2D eigenvalue weighted by Crippen LogP contribution is 2.19. The zero-order chi connectivity index (χ0) is 15.5. The monoisotopic (exact) mass is 304 g/mol. The van der Waals surface area contributed by atoms with E-state index in [0.29, 0.717) is 22.4 Å². The summed E-state index contributed by atoms with van der Waals surface area (Å²) in [6.07, 6.45) is 0. The molecule has 0 amide bonds. The molecule has 0 atom stereocenters. The molecule has 0 fully saturated rings. The predicted octanol–water partition coefficient (Wildman–Crippen LogP) is 2.95. The van der Waals surface area contributed by atoms with E-state index in [-0.39, 0.29) is 5.75 Å². The van der Waals surface area contributed by atoms with E-state index in [2.05, 4.69) is 4.72 Å². The Hall–Kier alpha value is -2.39.